The highest BCUT2D eigenvalue weighted by Crippen LogP contribution is 2.32. The Labute approximate surface area is 152 Å². The molecule has 3 rings (SSSR count). The van der Waals surface area contributed by atoms with Crippen LogP contribution in [-0.4, -0.2) is 46.3 Å². The second kappa shape index (κ2) is 7.85. The molecule has 0 spiro atoms. The third-order valence-corrected chi connectivity index (χ3v) is 5.25. The number of carbonyl (C=O) groups excluding carboxylic acids is 1. The van der Waals surface area contributed by atoms with Crippen LogP contribution in [-0.2, 0) is 11.3 Å². The van der Waals surface area contributed by atoms with Gasteiger partial charge >= 0.3 is 12.0 Å². The number of aliphatic carboxylic acids is 1. The van der Waals surface area contributed by atoms with E-state index in [0.29, 0.717) is 38.0 Å². The molecule has 3 N–H and O–H groups in total. The Bertz CT molecular complexity index is 666. The standard InChI is InChI=1S/C19H26N2O5/c1-26-17-10-12(2-9-16(17)22)11-21(15-7-8-15)19(25)20-14-5-3-13(4-6-14)18(23)24/h2,9-10,13-15,22H,3-8,11H2,1H3,(H,20,25)(H,23,24). The van der Waals surface area contributed by atoms with Crippen LogP contribution in [0, 0.1) is 5.92 Å². The molecule has 0 aliphatic heterocycles. The second-order valence-corrected chi connectivity index (χ2v) is 7.20. The van der Waals surface area contributed by atoms with Crippen molar-refractivity contribution < 1.29 is 24.5 Å². The van der Waals surface area contributed by atoms with Crippen molar-refractivity contribution in [1.82, 2.24) is 10.2 Å². The molecule has 0 bridgehead atoms. The van der Waals surface area contributed by atoms with E-state index in [1.165, 1.54) is 7.11 Å². The molecule has 0 aromatic heterocycles. The molecule has 0 atom stereocenters. The van der Waals surface area contributed by atoms with Crippen molar-refractivity contribution in [3.05, 3.63) is 23.8 Å². The predicted molar refractivity (Wildman–Crippen MR) is 95.1 cm³/mol. The van der Waals surface area contributed by atoms with Gasteiger partial charge in [0.05, 0.1) is 13.0 Å². The summed E-state index contributed by atoms with van der Waals surface area (Å²) in [6.07, 6.45) is 4.61. The van der Waals surface area contributed by atoms with Crippen molar-refractivity contribution in [3.8, 4) is 11.5 Å². The summed E-state index contributed by atoms with van der Waals surface area (Å²) in [5.41, 5.74) is 0.899. The lowest BCUT2D eigenvalue weighted by Gasteiger charge is -2.30. The maximum atomic E-state index is 12.8. The lowest BCUT2D eigenvalue weighted by molar-refractivity contribution is -0.142. The maximum absolute atomic E-state index is 12.8. The molecule has 0 heterocycles. The first-order chi connectivity index (χ1) is 12.5. The zero-order valence-corrected chi connectivity index (χ0v) is 15.0. The van der Waals surface area contributed by atoms with Crippen LogP contribution in [0.1, 0.15) is 44.1 Å². The first-order valence-electron chi connectivity index (χ1n) is 9.13. The summed E-state index contributed by atoms with van der Waals surface area (Å²) in [4.78, 5) is 25.6. The van der Waals surface area contributed by atoms with Crippen LogP contribution in [0.4, 0.5) is 4.79 Å². The summed E-state index contributed by atoms with van der Waals surface area (Å²) >= 11 is 0. The summed E-state index contributed by atoms with van der Waals surface area (Å²) in [6, 6.07) is 5.29. The van der Waals surface area contributed by atoms with E-state index in [1.54, 1.807) is 18.2 Å². The van der Waals surface area contributed by atoms with Crippen LogP contribution in [0.15, 0.2) is 18.2 Å². The van der Waals surface area contributed by atoms with Crippen LogP contribution in [0.25, 0.3) is 0 Å². The Morgan fingerprint density at radius 1 is 1.19 bits per heavy atom. The molecule has 0 saturated heterocycles. The predicted octanol–water partition coefficient (Wildman–Crippen LogP) is 2.72. The van der Waals surface area contributed by atoms with Crippen LogP contribution in [0.3, 0.4) is 0 Å². The molecule has 0 radical (unpaired) electrons. The van der Waals surface area contributed by atoms with E-state index >= 15 is 0 Å². The minimum Gasteiger partial charge on any atom is -0.504 e. The molecule has 0 unspecified atom stereocenters. The van der Waals surface area contributed by atoms with Gasteiger partial charge in [-0.2, -0.15) is 0 Å². The summed E-state index contributed by atoms with van der Waals surface area (Å²) in [5.74, 6) is -0.553. The van der Waals surface area contributed by atoms with E-state index in [-0.39, 0.29) is 29.8 Å². The average molecular weight is 362 g/mol. The van der Waals surface area contributed by atoms with Crippen LogP contribution < -0.4 is 10.1 Å². The van der Waals surface area contributed by atoms with Gasteiger partial charge in [-0.25, -0.2) is 4.79 Å². The summed E-state index contributed by atoms with van der Waals surface area (Å²) in [5, 5.41) is 21.9. The summed E-state index contributed by atoms with van der Waals surface area (Å²) in [6.45, 7) is 0.456. The number of phenols is 1. The van der Waals surface area contributed by atoms with Gasteiger partial charge in [0, 0.05) is 18.6 Å². The van der Waals surface area contributed by atoms with Crippen molar-refractivity contribution in [2.45, 2.75) is 57.2 Å². The topological polar surface area (TPSA) is 99.1 Å². The molecule has 142 valence electrons. The number of nitrogens with zero attached hydrogens (tertiary/aromatic N) is 1. The Balaban J connectivity index is 1.60. The zero-order valence-electron chi connectivity index (χ0n) is 15.0. The summed E-state index contributed by atoms with van der Waals surface area (Å²) in [7, 11) is 1.50. The third-order valence-electron chi connectivity index (χ3n) is 5.25. The number of carboxylic acid groups (broad SMARTS) is 1. The van der Waals surface area contributed by atoms with Gasteiger partial charge in [0.25, 0.3) is 0 Å². The highest BCUT2D eigenvalue weighted by molar-refractivity contribution is 5.75. The molecule has 2 aliphatic rings. The number of methoxy groups -OCH3 is 1. The third kappa shape index (κ3) is 4.39. The van der Waals surface area contributed by atoms with E-state index in [2.05, 4.69) is 5.32 Å². The van der Waals surface area contributed by atoms with Crippen molar-refractivity contribution >= 4 is 12.0 Å². The molecule has 2 amide bonds. The number of urea groups is 1. The number of hydrogen-bond donors (Lipinski definition) is 3. The van der Waals surface area contributed by atoms with Gasteiger partial charge in [-0.3, -0.25) is 4.79 Å². The van der Waals surface area contributed by atoms with Gasteiger partial charge in [0.2, 0.25) is 0 Å². The zero-order chi connectivity index (χ0) is 18.7. The Hall–Kier alpha value is -2.44. The van der Waals surface area contributed by atoms with Crippen LogP contribution in [0.5, 0.6) is 11.5 Å². The fraction of sp³-hybridized carbons (Fsp3) is 0.579. The van der Waals surface area contributed by atoms with Gasteiger partial charge in [0.15, 0.2) is 11.5 Å². The number of aromatic hydroxyl groups is 1. The van der Waals surface area contributed by atoms with E-state index in [1.807, 2.05) is 4.90 Å². The van der Waals surface area contributed by atoms with Gasteiger partial charge in [-0.15, -0.1) is 0 Å². The smallest absolute Gasteiger partial charge is 0.318 e. The minimum atomic E-state index is -0.740. The lowest BCUT2D eigenvalue weighted by atomic mass is 9.86. The van der Waals surface area contributed by atoms with E-state index in [4.69, 9.17) is 9.84 Å². The van der Waals surface area contributed by atoms with Crippen molar-refractivity contribution in [3.63, 3.8) is 0 Å². The molecule has 7 nitrogen and oxygen atoms in total. The highest BCUT2D eigenvalue weighted by Gasteiger charge is 2.34. The number of carbonyl (C=O) groups is 2. The van der Waals surface area contributed by atoms with E-state index in [0.717, 1.165) is 18.4 Å². The van der Waals surface area contributed by atoms with E-state index < -0.39 is 5.97 Å². The fourth-order valence-electron chi connectivity index (χ4n) is 3.51. The number of hydrogen-bond acceptors (Lipinski definition) is 4. The van der Waals surface area contributed by atoms with Crippen molar-refractivity contribution in [2.24, 2.45) is 5.92 Å². The number of ether oxygens (including phenoxy) is 1. The number of benzene rings is 1. The van der Waals surface area contributed by atoms with Gasteiger partial charge in [-0.05, 0) is 56.2 Å². The molecular formula is C19H26N2O5. The first kappa shape index (κ1) is 18.4. The second-order valence-electron chi connectivity index (χ2n) is 7.20. The van der Waals surface area contributed by atoms with Gasteiger partial charge in [0.1, 0.15) is 0 Å². The molecule has 2 aliphatic carbocycles. The lowest BCUT2D eigenvalue weighted by Crippen LogP contribution is -2.47. The van der Waals surface area contributed by atoms with Gasteiger partial charge in [-0.1, -0.05) is 6.07 Å². The van der Waals surface area contributed by atoms with Crippen molar-refractivity contribution in [2.75, 3.05) is 7.11 Å². The first-order valence-corrected chi connectivity index (χ1v) is 9.13. The highest BCUT2D eigenvalue weighted by atomic mass is 16.5. The molecule has 26 heavy (non-hydrogen) atoms. The number of nitrogens with one attached hydrogen (secondary N) is 1. The largest absolute Gasteiger partial charge is 0.504 e. The number of amides is 2. The molecule has 7 heteroatoms. The molecule has 1 aromatic rings. The van der Waals surface area contributed by atoms with Crippen molar-refractivity contribution in [1.29, 1.82) is 0 Å². The Kier molecular flexibility index (Phi) is 5.54. The SMILES string of the molecule is COc1cc(CN(C(=O)NC2CCC(C(=O)O)CC2)C2CC2)ccc1O. The summed E-state index contributed by atoms with van der Waals surface area (Å²) < 4.78 is 5.14. The maximum Gasteiger partial charge on any atom is 0.318 e. The normalized spacial score (nSPS) is 22.5. The van der Waals surface area contributed by atoms with Crippen LogP contribution >= 0.6 is 0 Å². The van der Waals surface area contributed by atoms with Crippen LogP contribution in [0.2, 0.25) is 0 Å². The number of carboxylic acids is 1. The molecule has 1 aromatic carbocycles. The number of rotatable bonds is 6. The monoisotopic (exact) mass is 362 g/mol. The van der Waals surface area contributed by atoms with Gasteiger partial charge < -0.3 is 25.2 Å². The molecule has 2 saturated carbocycles. The average Bonchev–Trinajstić information content (AvgIpc) is 3.46. The Morgan fingerprint density at radius 3 is 2.46 bits per heavy atom. The molecule has 2 fully saturated rings. The number of phenolic OH excluding ortho intramolecular Hbond substituents is 1. The molecular weight excluding hydrogens is 336 g/mol. The minimum absolute atomic E-state index is 0.0358. The Morgan fingerprint density at radius 2 is 1.88 bits per heavy atom. The quantitative estimate of drug-likeness (QED) is 0.723. The van der Waals surface area contributed by atoms with E-state index in [9.17, 15) is 14.7 Å². The fourth-order valence-corrected chi connectivity index (χ4v) is 3.51.